The van der Waals surface area contributed by atoms with E-state index >= 15 is 0 Å². The van der Waals surface area contributed by atoms with Crippen molar-refractivity contribution in [2.24, 2.45) is 12.8 Å². The highest BCUT2D eigenvalue weighted by atomic mass is 15.3. The van der Waals surface area contributed by atoms with Crippen LogP contribution in [0.4, 0.5) is 0 Å². The molecule has 0 atom stereocenters. The molecule has 1 aromatic carbocycles. The molecule has 0 aliphatic heterocycles. The molecule has 0 saturated carbocycles. The zero-order chi connectivity index (χ0) is 10.8. The predicted octanol–water partition coefficient (Wildman–Crippen LogP) is 1.85. The van der Waals surface area contributed by atoms with Gasteiger partial charge in [0.15, 0.2) is 0 Å². The standard InChI is InChI=1S/C12H15N3/c1-9-3-5-10(6-4-9)12-7-11(8-13)15(2)14-12/h3-7H,8,13H2,1-2H3. The molecule has 0 spiro atoms. The van der Waals surface area contributed by atoms with Crippen LogP contribution >= 0.6 is 0 Å². The van der Waals surface area contributed by atoms with E-state index < -0.39 is 0 Å². The van der Waals surface area contributed by atoms with E-state index in [2.05, 4.69) is 36.3 Å². The minimum atomic E-state index is 0.523. The van der Waals surface area contributed by atoms with E-state index in [1.54, 1.807) is 0 Å². The van der Waals surface area contributed by atoms with Gasteiger partial charge in [-0.15, -0.1) is 0 Å². The van der Waals surface area contributed by atoms with Crippen LogP contribution in [0.25, 0.3) is 11.3 Å². The van der Waals surface area contributed by atoms with Crippen molar-refractivity contribution in [1.82, 2.24) is 9.78 Å². The first kappa shape index (κ1) is 9.93. The summed E-state index contributed by atoms with van der Waals surface area (Å²) < 4.78 is 1.83. The van der Waals surface area contributed by atoms with Gasteiger partial charge in [0.2, 0.25) is 0 Å². The molecule has 1 aromatic heterocycles. The Morgan fingerprint density at radius 3 is 2.47 bits per heavy atom. The smallest absolute Gasteiger partial charge is 0.0926 e. The first-order valence-corrected chi connectivity index (χ1v) is 5.00. The fourth-order valence-corrected chi connectivity index (χ4v) is 1.56. The van der Waals surface area contributed by atoms with Crippen molar-refractivity contribution in [2.75, 3.05) is 0 Å². The Kier molecular flexibility index (Phi) is 2.56. The molecule has 3 nitrogen and oxygen atoms in total. The monoisotopic (exact) mass is 201 g/mol. The summed E-state index contributed by atoms with van der Waals surface area (Å²) in [4.78, 5) is 0. The van der Waals surface area contributed by atoms with E-state index in [-0.39, 0.29) is 0 Å². The molecule has 2 aromatic rings. The second kappa shape index (κ2) is 3.87. The van der Waals surface area contributed by atoms with E-state index in [1.807, 2.05) is 17.8 Å². The van der Waals surface area contributed by atoms with E-state index in [0.717, 1.165) is 17.0 Å². The van der Waals surface area contributed by atoms with Crippen LogP contribution in [0.3, 0.4) is 0 Å². The largest absolute Gasteiger partial charge is 0.325 e. The third-order valence-corrected chi connectivity index (χ3v) is 2.53. The van der Waals surface area contributed by atoms with Crippen molar-refractivity contribution in [2.45, 2.75) is 13.5 Å². The molecule has 3 heteroatoms. The summed E-state index contributed by atoms with van der Waals surface area (Å²) in [6, 6.07) is 10.4. The number of hydrogen-bond donors (Lipinski definition) is 1. The van der Waals surface area contributed by atoms with Crippen LogP contribution in [-0.2, 0) is 13.6 Å². The molecule has 0 unspecified atom stereocenters. The molecule has 0 aliphatic rings. The summed E-state index contributed by atoms with van der Waals surface area (Å²) in [6.07, 6.45) is 0. The topological polar surface area (TPSA) is 43.8 Å². The Balaban J connectivity index is 2.41. The number of rotatable bonds is 2. The molecule has 0 saturated heterocycles. The highest BCUT2D eigenvalue weighted by Gasteiger charge is 2.05. The van der Waals surface area contributed by atoms with E-state index in [4.69, 9.17) is 5.73 Å². The molecule has 1 heterocycles. The van der Waals surface area contributed by atoms with Gasteiger partial charge in [0.25, 0.3) is 0 Å². The Hall–Kier alpha value is -1.61. The fourth-order valence-electron chi connectivity index (χ4n) is 1.56. The maximum atomic E-state index is 5.61. The maximum absolute atomic E-state index is 5.61. The number of aryl methyl sites for hydroxylation is 2. The van der Waals surface area contributed by atoms with Crippen LogP contribution in [0.1, 0.15) is 11.3 Å². The Morgan fingerprint density at radius 1 is 1.27 bits per heavy atom. The highest BCUT2D eigenvalue weighted by Crippen LogP contribution is 2.18. The number of nitrogens with zero attached hydrogens (tertiary/aromatic N) is 2. The molecule has 0 radical (unpaired) electrons. The average Bonchev–Trinajstić information content (AvgIpc) is 2.61. The number of hydrogen-bond acceptors (Lipinski definition) is 2. The summed E-state index contributed by atoms with van der Waals surface area (Å²) in [6.45, 7) is 2.60. The molecule has 15 heavy (non-hydrogen) atoms. The summed E-state index contributed by atoms with van der Waals surface area (Å²) in [5.74, 6) is 0. The fraction of sp³-hybridized carbons (Fsp3) is 0.250. The van der Waals surface area contributed by atoms with Crippen LogP contribution < -0.4 is 5.73 Å². The molecule has 2 rings (SSSR count). The number of benzene rings is 1. The predicted molar refractivity (Wildman–Crippen MR) is 61.3 cm³/mol. The van der Waals surface area contributed by atoms with Crippen molar-refractivity contribution in [1.29, 1.82) is 0 Å². The molecule has 78 valence electrons. The van der Waals surface area contributed by atoms with E-state index in [1.165, 1.54) is 5.56 Å². The van der Waals surface area contributed by atoms with Gasteiger partial charge in [-0.25, -0.2) is 0 Å². The van der Waals surface area contributed by atoms with Crippen molar-refractivity contribution in [3.63, 3.8) is 0 Å². The van der Waals surface area contributed by atoms with Crippen molar-refractivity contribution in [3.8, 4) is 11.3 Å². The van der Waals surface area contributed by atoms with Gasteiger partial charge in [0.05, 0.1) is 11.4 Å². The van der Waals surface area contributed by atoms with Gasteiger partial charge in [0, 0.05) is 19.2 Å². The van der Waals surface area contributed by atoms with Crippen molar-refractivity contribution >= 4 is 0 Å². The van der Waals surface area contributed by atoms with Gasteiger partial charge < -0.3 is 5.73 Å². The van der Waals surface area contributed by atoms with Gasteiger partial charge in [-0.3, -0.25) is 4.68 Å². The lowest BCUT2D eigenvalue weighted by Crippen LogP contribution is -2.03. The van der Waals surface area contributed by atoms with Gasteiger partial charge in [0.1, 0.15) is 0 Å². The second-order valence-corrected chi connectivity index (χ2v) is 3.71. The van der Waals surface area contributed by atoms with Crippen LogP contribution in [0, 0.1) is 6.92 Å². The van der Waals surface area contributed by atoms with Gasteiger partial charge in [-0.1, -0.05) is 29.8 Å². The third kappa shape index (κ3) is 1.92. The molecule has 0 aliphatic carbocycles. The molecular weight excluding hydrogens is 186 g/mol. The van der Waals surface area contributed by atoms with Gasteiger partial charge in [-0.2, -0.15) is 5.10 Å². The Labute approximate surface area is 89.5 Å². The third-order valence-electron chi connectivity index (χ3n) is 2.53. The normalized spacial score (nSPS) is 10.6. The van der Waals surface area contributed by atoms with Gasteiger partial charge >= 0.3 is 0 Å². The van der Waals surface area contributed by atoms with Crippen LogP contribution in [0.2, 0.25) is 0 Å². The summed E-state index contributed by atoms with van der Waals surface area (Å²) >= 11 is 0. The first-order chi connectivity index (χ1) is 7.20. The quantitative estimate of drug-likeness (QED) is 0.806. The zero-order valence-electron chi connectivity index (χ0n) is 9.07. The zero-order valence-corrected chi connectivity index (χ0v) is 9.07. The molecule has 0 bridgehead atoms. The average molecular weight is 201 g/mol. The molecule has 0 amide bonds. The summed E-state index contributed by atoms with van der Waals surface area (Å²) in [7, 11) is 1.92. The van der Waals surface area contributed by atoms with E-state index in [9.17, 15) is 0 Å². The van der Waals surface area contributed by atoms with Crippen LogP contribution in [0.15, 0.2) is 30.3 Å². The lowest BCUT2D eigenvalue weighted by molar-refractivity contribution is 0.714. The maximum Gasteiger partial charge on any atom is 0.0926 e. The number of aromatic nitrogens is 2. The van der Waals surface area contributed by atoms with Crippen LogP contribution in [-0.4, -0.2) is 9.78 Å². The van der Waals surface area contributed by atoms with Crippen molar-refractivity contribution in [3.05, 3.63) is 41.6 Å². The minimum absolute atomic E-state index is 0.523. The van der Waals surface area contributed by atoms with Crippen LogP contribution in [0.5, 0.6) is 0 Å². The minimum Gasteiger partial charge on any atom is -0.325 e. The van der Waals surface area contributed by atoms with E-state index in [0.29, 0.717) is 6.54 Å². The summed E-state index contributed by atoms with van der Waals surface area (Å²) in [5, 5.41) is 4.42. The van der Waals surface area contributed by atoms with Gasteiger partial charge in [-0.05, 0) is 13.0 Å². The molecular formula is C12H15N3. The Morgan fingerprint density at radius 2 is 1.93 bits per heavy atom. The lowest BCUT2D eigenvalue weighted by atomic mass is 10.1. The molecule has 2 N–H and O–H groups in total. The number of nitrogens with two attached hydrogens (primary N) is 1. The highest BCUT2D eigenvalue weighted by molar-refractivity contribution is 5.59. The molecule has 0 fully saturated rings. The SMILES string of the molecule is Cc1ccc(-c2cc(CN)n(C)n2)cc1. The lowest BCUT2D eigenvalue weighted by Gasteiger charge is -1.96. The second-order valence-electron chi connectivity index (χ2n) is 3.71. The Bertz CT molecular complexity index is 454. The first-order valence-electron chi connectivity index (χ1n) is 5.00. The summed E-state index contributed by atoms with van der Waals surface area (Å²) in [5.41, 5.74) is 10.0. The van der Waals surface area contributed by atoms with Crippen molar-refractivity contribution < 1.29 is 0 Å².